The highest BCUT2D eigenvalue weighted by Crippen LogP contribution is 2.55. The number of rotatable bonds is 1. The second-order valence-corrected chi connectivity index (χ2v) is 6.54. The minimum absolute atomic E-state index is 0.0257. The molecule has 7 heteroatoms. The van der Waals surface area contributed by atoms with Crippen LogP contribution in [0.5, 0.6) is 5.88 Å². The van der Waals surface area contributed by atoms with Crippen LogP contribution >= 0.6 is 0 Å². The Hall–Kier alpha value is -1.79. The zero-order valence-electron chi connectivity index (χ0n) is 12.6. The predicted octanol–water partition coefficient (Wildman–Crippen LogP) is 2.67. The number of carbonyl (C=O) groups excluding carboxylic acids is 1. The zero-order chi connectivity index (χ0) is 16.4. The van der Waals surface area contributed by atoms with Crippen molar-refractivity contribution >= 4 is 5.91 Å². The number of hydrogen-bond donors (Lipinski definition) is 0. The van der Waals surface area contributed by atoms with Gasteiger partial charge in [-0.15, -0.1) is 0 Å². The lowest BCUT2D eigenvalue weighted by molar-refractivity contribution is -0.187. The van der Waals surface area contributed by atoms with Crippen LogP contribution < -0.4 is 4.74 Å². The van der Waals surface area contributed by atoms with Crippen LogP contribution in [-0.4, -0.2) is 41.2 Å². The van der Waals surface area contributed by atoms with E-state index in [-0.39, 0.29) is 23.9 Å². The Bertz CT molecular complexity index is 661. The molecule has 0 spiro atoms. The summed E-state index contributed by atoms with van der Waals surface area (Å²) in [6.07, 6.45) is -1.98. The lowest BCUT2D eigenvalue weighted by atomic mass is 9.69. The highest BCUT2D eigenvalue weighted by atomic mass is 19.4. The number of amides is 1. The Morgan fingerprint density at radius 2 is 2.00 bits per heavy atom. The molecule has 1 aromatic heterocycles. The van der Waals surface area contributed by atoms with E-state index in [1.54, 1.807) is 13.2 Å². The van der Waals surface area contributed by atoms with Crippen molar-refractivity contribution < 1.29 is 22.7 Å². The second kappa shape index (κ2) is 4.85. The molecule has 1 amide bonds. The first kappa shape index (κ1) is 14.8. The van der Waals surface area contributed by atoms with E-state index in [0.717, 1.165) is 29.0 Å². The number of pyridine rings is 1. The van der Waals surface area contributed by atoms with E-state index in [2.05, 4.69) is 4.98 Å². The van der Waals surface area contributed by atoms with Crippen LogP contribution in [0.3, 0.4) is 0 Å². The summed E-state index contributed by atoms with van der Waals surface area (Å²) in [7, 11) is 1.54. The number of aromatic nitrogens is 1. The number of aryl methyl sites for hydroxylation is 1. The zero-order valence-corrected chi connectivity index (χ0v) is 12.6. The summed E-state index contributed by atoms with van der Waals surface area (Å²) in [5.74, 6) is -1.07. The molecular formula is C16H17F3N2O2. The number of carbonyl (C=O) groups is 1. The van der Waals surface area contributed by atoms with Gasteiger partial charge in [-0.05, 0) is 37.2 Å². The van der Waals surface area contributed by atoms with Crippen LogP contribution in [0.25, 0.3) is 0 Å². The van der Waals surface area contributed by atoms with Crippen LogP contribution in [0.1, 0.15) is 36.4 Å². The minimum Gasteiger partial charge on any atom is -0.481 e. The van der Waals surface area contributed by atoms with Crippen molar-refractivity contribution in [3.8, 4) is 5.88 Å². The maximum Gasteiger partial charge on any atom is 0.471 e. The Labute approximate surface area is 131 Å². The molecule has 4 atom stereocenters. The summed E-state index contributed by atoms with van der Waals surface area (Å²) >= 11 is 0. The lowest BCUT2D eigenvalue weighted by Crippen LogP contribution is -2.44. The molecule has 1 aliphatic carbocycles. The number of fused-ring (bicyclic) bond motifs is 7. The van der Waals surface area contributed by atoms with E-state index >= 15 is 0 Å². The highest BCUT2D eigenvalue weighted by molar-refractivity contribution is 5.83. The quantitative estimate of drug-likeness (QED) is 0.797. The normalized spacial score (nSPS) is 31.7. The van der Waals surface area contributed by atoms with Crippen LogP contribution in [0, 0.1) is 5.92 Å². The van der Waals surface area contributed by atoms with Gasteiger partial charge in [0.15, 0.2) is 0 Å². The Morgan fingerprint density at radius 1 is 1.26 bits per heavy atom. The maximum atomic E-state index is 12.9. The molecule has 2 aliphatic heterocycles. The Balaban J connectivity index is 1.72. The van der Waals surface area contributed by atoms with Crippen LogP contribution in [0.4, 0.5) is 13.2 Å². The largest absolute Gasteiger partial charge is 0.481 e. The highest BCUT2D eigenvalue weighted by Gasteiger charge is 2.60. The third-order valence-electron chi connectivity index (χ3n) is 5.59. The van der Waals surface area contributed by atoms with E-state index in [1.165, 1.54) is 0 Å². The van der Waals surface area contributed by atoms with Crippen molar-refractivity contribution in [2.45, 2.75) is 49.9 Å². The second-order valence-electron chi connectivity index (χ2n) is 6.54. The first-order valence-corrected chi connectivity index (χ1v) is 7.85. The first-order chi connectivity index (χ1) is 10.9. The van der Waals surface area contributed by atoms with Gasteiger partial charge in [0.1, 0.15) is 0 Å². The molecule has 0 radical (unpaired) electrons. The van der Waals surface area contributed by atoms with Gasteiger partial charge in [-0.2, -0.15) is 13.2 Å². The molecule has 2 bridgehead atoms. The molecule has 0 saturated carbocycles. The molecule has 3 aliphatic rings. The van der Waals surface area contributed by atoms with Crippen molar-refractivity contribution in [3.63, 3.8) is 0 Å². The molecule has 4 nitrogen and oxygen atoms in total. The molecular weight excluding hydrogens is 309 g/mol. The molecule has 4 rings (SSSR count). The Morgan fingerprint density at radius 3 is 2.70 bits per heavy atom. The van der Waals surface area contributed by atoms with Gasteiger partial charge in [-0.3, -0.25) is 4.79 Å². The molecule has 0 aromatic carbocycles. The lowest BCUT2D eigenvalue weighted by Gasteiger charge is -2.34. The maximum absolute atomic E-state index is 12.9. The van der Waals surface area contributed by atoms with Gasteiger partial charge >= 0.3 is 12.1 Å². The molecule has 0 N–H and O–H groups in total. The molecule has 23 heavy (non-hydrogen) atoms. The molecule has 0 unspecified atom stereocenters. The number of ether oxygens (including phenoxy) is 1. The fourth-order valence-electron chi connectivity index (χ4n) is 4.83. The van der Waals surface area contributed by atoms with E-state index < -0.39 is 12.1 Å². The van der Waals surface area contributed by atoms with E-state index in [1.807, 2.05) is 6.07 Å². The third-order valence-corrected chi connectivity index (χ3v) is 5.59. The van der Waals surface area contributed by atoms with Crippen LogP contribution in [0.2, 0.25) is 0 Å². The van der Waals surface area contributed by atoms with Gasteiger partial charge < -0.3 is 9.64 Å². The van der Waals surface area contributed by atoms with Gasteiger partial charge in [-0.25, -0.2) is 4.98 Å². The van der Waals surface area contributed by atoms with Crippen molar-refractivity contribution in [2.24, 2.45) is 5.92 Å². The molecule has 2 saturated heterocycles. The van der Waals surface area contributed by atoms with E-state index in [4.69, 9.17) is 4.74 Å². The van der Waals surface area contributed by atoms with E-state index in [0.29, 0.717) is 18.7 Å². The molecule has 1 aromatic rings. The number of nitrogens with zero attached hydrogens (tertiary/aromatic N) is 2. The van der Waals surface area contributed by atoms with Crippen molar-refractivity contribution in [1.82, 2.24) is 9.88 Å². The topological polar surface area (TPSA) is 42.4 Å². The van der Waals surface area contributed by atoms with Gasteiger partial charge in [0.25, 0.3) is 0 Å². The monoisotopic (exact) mass is 326 g/mol. The fraction of sp³-hybridized carbons (Fsp3) is 0.625. The number of methoxy groups -OCH3 is 1. The molecule has 3 heterocycles. The van der Waals surface area contributed by atoms with E-state index in [9.17, 15) is 18.0 Å². The summed E-state index contributed by atoms with van der Waals surface area (Å²) < 4.78 is 43.9. The number of halogens is 3. The van der Waals surface area contributed by atoms with Crippen LogP contribution in [-0.2, 0) is 11.2 Å². The summed E-state index contributed by atoms with van der Waals surface area (Å²) in [6, 6.07) is 3.03. The van der Waals surface area contributed by atoms with Gasteiger partial charge in [0.2, 0.25) is 5.88 Å². The minimum atomic E-state index is -4.80. The van der Waals surface area contributed by atoms with Crippen molar-refractivity contribution in [2.75, 3.05) is 7.11 Å². The predicted molar refractivity (Wildman–Crippen MR) is 75.1 cm³/mol. The average molecular weight is 326 g/mol. The average Bonchev–Trinajstić information content (AvgIpc) is 3.08. The number of hydrogen-bond acceptors (Lipinski definition) is 3. The molecule has 2 fully saturated rings. The fourth-order valence-corrected chi connectivity index (χ4v) is 4.83. The van der Waals surface area contributed by atoms with Gasteiger partial charge in [0.05, 0.1) is 7.11 Å². The van der Waals surface area contributed by atoms with Crippen molar-refractivity contribution in [1.29, 1.82) is 0 Å². The summed E-state index contributed by atoms with van der Waals surface area (Å²) in [6.45, 7) is 0. The smallest absolute Gasteiger partial charge is 0.471 e. The summed E-state index contributed by atoms with van der Waals surface area (Å²) in [5, 5.41) is 0. The van der Waals surface area contributed by atoms with Gasteiger partial charge in [-0.1, -0.05) is 6.07 Å². The van der Waals surface area contributed by atoms with Crippen LogP contribution in [0.15, 0.2) is 12.1 Å². The summed E-state index contributed by atoms with van der Waals surface area (Å²) in [5.41, 5.74) is 1.90. The summed E-state index contributed by atoms with van der Waals surface area (Å²) in [4.78, 5) is 17.4. The van der Waals surface area contributed by atoms with Crippen molar-refractivity contribution in [3.05, 3.63) is 23.4 Å². The first-order valence-electron chi connectivity index (χ1n) is 7.85. The third kappa shape index (κ3) is 2.05. The Kier molecular flexibility index (Phi) is 3.12. The van der Waals surface area contributed by atoms with Gasteiger partial charge in [0, 0.05) is 29.8 Å². The standard InChI is InChI=1S/C16H17F3N2O2/c1-23-13-7-3-8-10(20-13)4-2-9-11-5-6-12(14(8)9)21(11)15(22)16(17,18)19/h3,7,9,11-12,14H,2,4-6H2,1H3/t9-,11-,12+,14-/m0/s1. The number of alkyl halides is 3. The SMILES string of the molecule is COc1ccc2c(n1)CC[C@@H]1[C@H]2[C@H]2CC[C@@H]1N2C(=O)C(F)(F)F. The molecule has 124 valence electrons.